The predicted octanol–water partition coefficient (Wildman–Crippen LogP) is 2.95. The summed E-state index contributed by atoms with van der Waals surface area (Å²) in [6, 6.07) is 21.7. The van der Waals surface area contributed by atoms with Crippen molar-refractivity contribution >= 4 is 39.4 Å². The zero-order valence-electron chi connectivity index (χ0n) is 16.1. The maximum atomic E-state index is 13.8. The van der Waals surface area contributed by atoms with Gasteiger partial charge in [0, 0.05) is 5.92 Å². The average Bonchev–Trinajstić information content (AvgIpc) is 3.06. The van der Waals surface area contributed by atoms with Gasteiger partial charge in [0.25, 0.3) is 0 Å². The highest BCUT2D eigenvalue weighted by Crippen LogP contribution is 2.66. The molecule has 3 aromatic rings. The lowest BCUT2D eigenvalue weighted by molar-refractivity contribution is -0.255. The minimum atomic E-state index is -1.35. The van der Waals surface area contributed by atoms with Crippen LogP contribution in [0.4, 0.5) is 5.69 Å². The number of rotatable bonds is 2. The van der Waals surface area contributed by atoms with Gasteiger partial charge in [-0.05, 0) is 39.9 Å². The molecular formula is C25H15BrNO4-. The van der Waals surface area contributed by atoms with Crippen molar-refractivity contribution in [3.05, 3.63) is 101 Å². The number of aromatic carboxylic acids is 1. The van der Waals surface area contributed by atoms with Gasteiger partial charge in [-0.1, -0.05) is 76.6 Å². The summed E-state index contributed by atoms with van der Waals surface area (Å²) in [4.78, 5) is 40.0. The van der Waals surface area contributed by atoms with Crippen LogP contribution in [0.1, 0.15) is 38.5 Å². The first-order valence-electron chi connectivity index (χ1n) is 10.0. The number of imide groups is 1. The summed E-state index contributed by atoms with van der Waals surface area (Å²) >= 11 is 3.94. The number of hydrogen-bond acceptors (Lipinski definition) is 4. The fraction of sp³-hybridized carbons (Fsp3) is 0.160. The first kappa shape index (κ1) is 18.5. The largest absolute Gasteiger partial charge is 0.545 e. The highest BCUT2D eigenvalue weighted by molar-refractivity contribution is 9.09. The summed E-state index contributed by atoms with van der Waals surface area (Å²) in [7, 11) is 0. The number of anilines is 1. The summed E-state index contributed by atoms with van der Waals surface area (Å²) < 4.78 is -0.826. The first-order valence-corrected chi connectivity index (χ1v) is 10.8. The topological polar surface area (TPSA) is 77.5 Å². The molecule has 2 atom stereocenters. The second-order valence-electron chi connectivity index (χ2n) is 8.22. The molecule has 0 aromatic heterocycles. The van der Waals surface area contributed by atoms with Crippen LogP contribution in [0.5, 0.6) is 0 Å². The van der Waals surface area contributed by atoms with Crippen LogP contribution in [0.15, 0.2) is 72.8 Å². The molecule has 1 saturated heterocycles. The van der Waals surface area contributed by atoms with Crippen molar-refractivity contribution in [2.24, 2.45) is 11.8 Å². The Bertz CT molecular complexity index is 1270. The molecule has 31 heavy (non-hydrogen) atoms. The Balaban J connectivity index is 1.58. The zero-order chi connectivity index (χ0) is 21.5. The van der Waals surface area contributed by atoms with Crippen molar-refractivity contribution in [2.45, 2.75) is 10.2 Å². The van der Waals surface area contributed by atoms with Crippen molar-refractivity contribution in [3.63, 3.8) is 0 Å². The summed E-state index contributed by atoms with van der Waals surface area (Å²) in [5.41, 5.74) is 4.29. The number of carboxylic acids is 1. The first-order chi connectivity index (χ1) is 14.9. The normalized spacial score (nSPS) is 27.6. The molecule has 1 heterocycles. The van der Waals surface area contributed by atoms with E-state index < -0.39 is 22.1 Å². The Morgan fingerprint density at radius 2 is 1.48 bits per heavy atom. The molecule has 7 rings (SSSR count). The average molecular weight is 473 g/mol. The van der Waals surface area contributed by atoms with Crippen LogP contribution in [0.2, 0.25) is 0 Å². The van der Waals surface area contributed by atoms with Gasteiger partial charge >= 0.3 is 0 Å². The van der Waals surface area contributed by atoms with Gasteiger partial charge in [-0.25, -0.2) is 4.90 Å². The molecular weight excluding hydrogens is 458 g/mol. The third-order valence-electron chi connectivity index (χ3n) is 6.85. The van der Waals surface area contributed by atoms with Crippen LogP contribution in [-0.4, -0.2) is 17.8 Å². The van der Waals surface area contributed by atoms with E-state index in [0.29, 0.717) is 0 Å². The van der Waals surface area contributed by atoms with Crippen molar-refractivity contribution in [2.75, 3.05) is 4.90 Å². The van der Waals surface area contributed by atoms with Gasteiger partial charge in [-0.2, -0.15) is 0 Å². The molecule has 3 aromatic carbocycles. The van der Waals surface area contributed by atoms with Crippen LogP contribution in [0.3, 0.4) is 0 Å². The third-order valence-corrected chi connectivity index (χ3v) is 8.20. The minimum Gasteiger partial charge on any atom is -0.545 e. The number of hydrogen-bond donors (Lipinski definition) is 0. The summed E-state index contributed by atoms with van der Waals surface area (Å²) in [6.45, 7) is 0. The molecule has 0 spiro atoms. The molecule has 0 unspecified atom stereocenters. The van der Waals surface area contributed by atoms with E-state index in [2.05, 4.69) is 15.9 Å². The van der Waals surface area contributed by atoms with E-state index >= 15 is 0 Å². The standard InChI is InChI=1S/C25H16BrNO4/c26-25-17-10-3-1-8-15(17)19(16-9-2-4-11-18(16)25)20-21(25)23(29)27(22(20)28)14-7-5-6-13(12-14)24(30)31/h1-12,19-21H,(H,30,31)/p-1/t19?,20-,21+,25?/m0/s1. The number of alkyl halides is 1. The molecule has 2 bridgehead atoms. The zero-order valence-corrected chi connectivity index (χ0v) is 17.7. The maximum absolute atomic E-state index is 13.8. The van der Waals surface area contributed by atoms with Gasteiger partial charge < -0.3 is 9.90 Å². The molecule has 0 radical (unpaired) electrons. The Labute approximate surface area is 186 Å². The van der Waals surface area contributed by atoms with Crippen molar-refractivity contribution in [3.8, 4) is 0 Å². The van der Waals surface area contributed by atoms with E-state index in [1.165, 1.54) is 18.2 Å². The van der Waals surface area contributed by atoms with Gasteiger partial charge in [0.1, 0.15) is 0 Å². The van der Waals surface area contributed by atoms with Crippen molar-refractivity contribution < 1.29 is 19.5 Å². The van der Waals surface area contributed by atoms with Crippen LogP contribution in [0, 0.1) is 11.8 Å². The lowest BCUT2D eigenvalue weighted by atomic mass is 9.55. The quantitative estimate of drug-likeness (QED) is 0.424. The molecule has 5 nitrogen and oxygen atoms in total. The van der Waals surface area contributed by atoms with Gasteiger partial charge in [-0.15, -0.1) is 0 Å². The van der Waals surface area contributed by atoms with E-state index in [4.69, 9.17) is 0 Å². The van der Waals surface area contributed by atoms with E-state index in [0.717, 1.165) is 27.2 Å². The minimum absolute atomic E-state index is 0.0731. The predicted molar refractivity (Wildman–Crippen MR) is 115 cm³/mol. The molecule has 6 heteroatoms. The molecule has 0 saturated carbocycles. The highest BCUT2D eigenvalue weighted by atomic mass is 79.9. The molecule has 152 valence electrons. The Hall–Kier alpha value is -3.25. The van der Waals surface area contributed by atoms with Crippen LogP contribution in [0.25, 0.3) is 0 Å². The monoisotopic (exact) mass is 472 g/mol. The number of carboxylic acid groups (broad SMARTS) is 1. The number of benzene rings is 3. The van der Waals surface area contributed by atoms with Gasteiger partial charge in [-0.3, -0.25) is 9.59 Å². The second kappa shape index (κ2) is 6.14. The van der Waals surface area contributed by atoms with Crippen LogP contribution in [-0.2, 0) is 13.9 Å². The summed E-state index contributed by atoms with van der Waals surface area (Å²) in [5, 5.41) is 11.3. The fourth-order valence-corrected chi connectivity index (χ4v) is 6.91. The Morgan fingerprint density at radius 3 is 2.10 bits per heavy atom. The fourth-order valence-electron chi connectivity index (χ4n) is 5.71. The Morgan fingerprint density at radius 1 is 0.871 bits per heavy atom. The van der Waals surface area contributed by atoms with Crippen molar-refractivity contribution in [1.82, 2.24) is 0 Å². The number of halogens is 1. The Kier molecular flexibility index (Phi) is 3.67. The van der Waals surface area contributed by atoms with Crippen molar-refractivity contribution in [1.29, 1.82) is 0 Å². The second-order valence-corrected chi connectivity index (χ2v) is 9.47. The molecule has 4 aliphatic rings. The number of carbonyl (C=O) groups is 3. The molecule has 3 aliphatic carbocycles. The number of carbonyl (C=O) groups excluding carboxylic acids is 3. The summed E-state index contributed by atoms with van der Waals surface area (Å²) in [6.07, 6.45) is 0. The molecule has 1 fully saturated rings. The lowest BCUT2D eigenvalue weighted by Crippen LogP contribution is -2.50. The third kappa shape index (κ3) is 2.18. The van der Waals surface area contributed by atoms with Crippen LogP contribution >= 0.6 is 15.9 Å². The molecule has 1 aliphatic heterocycles. The number of amides is 2. The molecule has 0 N–H and O–H groups in total. The van der Waals surface area contributed by atoms with E-state index in [-0.39, 0.29) is 29.0 Å². The maximum Gasteiger partial charge on any atom is 0.239 e. The van der Waals surface area contributed by atoms with Gasteiger partial charge in [0.15, 0.2) is 0 Å². The van der Waals surface area contributed by atoms with E-state index in [1.54, 1.807) is 6.07 Å². The molecule has 2 amide bonds. The summed E-state index contributed by atoms with van der Waals surface area (Å²) in [5.74, 6) is -3.40. The SMILES string of the molecule is O=C([O-])c1cccc(N2C(=O)[C@H]3C4c5ccccc5C(Br)(c5ccccc54)[C@H]3C2=O)c1. The van der Waals surface area contributed by atoms with Gasteiger partial charge in [0.2, 0.25) is 11.8 Å². The number of nitrogens with zero attached hydrogens (tertiary/aromatic N) is 1. The lowest BCUT2D eigenvalue weighted by Gasteiger charge is -2.51. The highest BCUT2D eigenvalue weighted by Gasteiger charge is 2.67. The van der Waals surface area contributed by atoms with E-state index in [1.807, 2.05) is 48.5 Å². The smallest absolute Gasteiger partial charge is 0.239 e. The van der Waals surface area contributed by atoms with E-state index in [9.17, 15) is 19.5 Å². The van der Waals surface area contributed by atoms with Crippen LogP contribution < -0.4 is 10.0 Å². The van der Waals surface area contributed by atoms with Gasteiger partial charge in [0.05, 0.1) is 27.8 Å².